The van der Waals surface area contributed by atoms with Crippen molar-refractivity contribution in [2.75, 3.05) is 26.2 Å². The molecule has 22 heavy (non-hydrogen) atoms. The van der Waals surface area contributed by atoms with Crippen molar-refractivity contribution in [3.8, 4) is 5.75 Å². The third kappa shape index (κ3) is 3.31. The number of nitrogens with one attached hydrogen (secondary N) is 1. The SMILES string of the molecule is CCc1cccc([C@H](C2CCCCC2)N2CCNCC2)c1O. The highest BCUT2D eigenvalue weighted by atomic mass is 16.3. The van der Waals surface area contributed by atoms with Crippen molar-refractivity contribution >= 4 is 0 Å². The lowest BCUT2D eigenvalue weighted by atomic mass is 9.79. The van der Waals surface area contributed by atoms with E-state index >= 15 is 0 Å². The minimum absolute atomic E-state index is 0.397. The first-order valence-corrected chi connectivity index (χ1v) is 9.06. The van der Waals surface area contributed by atoms with Crippen molar-refractivity contribution in [1.82, 2.24) is 10.2 Å². The predicted octanol–water partition coefficient (Wildman–Crippen LogP) is 3.48. The van der Waals surface area contributed by atoms with Crippen LogP contribution in [0.4, 0.5) is 0 Å². The van der Waals surface area contributed by atoms with Gasteiger partial charge >= 0.3 is 0 Å². The van der Waals surface area contributed by atoms with Crippen LogP contribution in [0.15, 0.2) is 18.2 Å². The Morgan fingerprint density at radius 2 is 1.91 bits per heavy atom. The van der Waals surface area contributed by atoms with E-state index in [-0.39, 0.29) is 0 Å². The maximum Gasteiger partial charge on any atom is 0.123 e. The van der Waals surface area contributed by atoms with Crippen molar-refractivity contribution in [2.45, 2.75) is 51.5 Å². The minimum atomic E-state index is 0.397. The van der Waals surface area contributed by atoms with Crippen LogP contribution in [-0.2, 0) is 6.42 Å². The molecule has 1 aliphatic carbocycles. The van der Waals surface area contributed by atoms with Crippen LogP contribution in [0.5, 0.6) is 5.75 Å². The van der Waals surface area contributed by atoms with Crippen LogP contribution < -0.4 is 5.32 Å². The van der Waals surface area contributed by atoms with Crippen LogP contribution in [0.3, 0.4) is 0 Å². The summed E-state index contributed by atoms with van der Waals surface area (Å²) in [5.41, 5.74) is 2.27. The maximum atomic E-state index is 10.8. The Morgan fingerprint density at radius 3 is 2.59 bits per heavy atom. The van der Waals surface area contributed by atoms with Gasteiger partial charge in [-0.2, -0.15) is 0 Å². The molecule has 3 nitrogen and oxygen atoms in total. The fraction of sp³-hybridized carbons (Fsp3) is 0.684. The van der Waals surface area contributed by atoms with Gasteiger partial charge in [-0.1, -0.05) is 44.4 Å². The Balaban J connectivity index is 1.93. The standard InChI is InChI=1S/C19H30N2O/c1-2-15-9-6-10-17(19(15)22)18(16-7-4-3-5-8-16)21-13-11-20-12-14-21/h6,9-10,16,18,20,22H,2-5,7-8,11-14H2,1H3/t18-/m0/s1. The fourth-order valence-electron chi connectivity index (χ4n) is 4.29. The number of hydrogen-bond acceptors (Lipinski definition) is 3. The number of benzene rings is 1. The average molecular weight is 302 g/mol. The number of para-hydroxylation sites is 1. The highest BCUT2D eigenvalue weighted by Crippen LogP contribution is 2.42. The summed E-state index contributed by atoms with van der Waals surface area (Å²) in [5, 5.41) is 14.2. The van der Waals surface area contributed by atoms with Gasteiger partial charge in [0.25, 0.3) is 0 Å². The Kier molecular flexibility index (Phi) is 5.37. The van der Waals surface area contributed by atoms with Crippen LogP contribution in [0.2, 0.25) is 0 Å². The van der Waals surface area contributed by atoms with Gasteiger partial charge in [-0.05, 0) is 30.7 Å². The smallest absolute Gasteiger partial charge is 0.123 e. The molecule has 1 aromatic rings. The topological polar surface area (TPSA) is 35.5 Å². The molecule has 1 aromatic carbocycles. The van der Waals surface area contributed by atoms with Crippen molar-refractivity contribution in [1.29, 1.82) is 0 Å². The van der Waals surface area contributed by atoms with Gasteiger partial charge in [0.05, 0.1) is 0 Å². The molecule has 1 heterocycles. The Bertz CT molecular complexity index is 458. The molecule has 0 bridgehead atoms. The molecule has 0 aromatic heterocycles. The zero-order chi connectivity index (χ0) is 15.4. The highest BCUT2D eigenvalue weighted by molar-refractivity contribution is 5.42. The van der Waals surface area contributed by atoms with Crippen LogP contribution in [0.25, 0.3) is 0 Å². The van der Waals surface area contributed by atoms with Crippen LogP contribution in [-0.4, -0.2) is 36.2 Å². The Hall–Kier alpha value is -1.06. The van der Waals surface area contributed by atoms with E-state index in [0.717, 1.165) is 38.2 Å². The first-order chi connectivity index (χ1) is 10.8. The molecule has 3 rings (SSSR count). The van der Waals surface area contributed by atoms with Crippen molar-refractivity contribution in [3.63, 3.8) is 0 Å². The summed E-state index contributed by atoms with van der Waals surface area (Å²) in [4.78, 5) is 2.61. The highest BCUT2D eigenvalue weighted by Gasteiger charge is 2.32. The predicted molar refractivity (Wildman–Crippen MR) is 91.2 cm³/mol. The van der Waals surface area contributed by atoms with E-state index in [1.165, 1.54) is 37.7 Å². The summed E-state index contributed by atoms with van der Waals surface area (Å²) in [5.74, 6) is 1.25. The van der Waals surface area contributed by atoms with E-state index < -0.39 is 0 Å². The second-order valence-corrected chi connectivity index (χ2v) is 6.84. The molecular formula is C19H30N2O. The summed E-state index contributed by atoms with van der Waals surface area (Å²) >= 11 is 0. The largest absolute Gasteiger partial charge is 0.507 e. The molecule has 0 spiro atoms. The quantitative estimate of drug-likeness (QED) is 0.894. The number of rotatable bonds is 4. The zero-order valence-corrected chi connectivity index (χ0v) is 13.9. The van der Waals surface area contributed by atoms with E-state index in [4.69, 9.17) is 0 Å². The summed E-state index contributed by atoms with van der Waals surface area (Å²) < 4.78 is 0. The van der Waals surface area contributed by atoms with Crippen molar-refractivity contribution in [2.24, 2.45) is 5.92 Å². The molecular weight excluding hydrogens is 272 g/mol. The second-order valence-electron chi connectivity index (χ2n) is 6.84. The lowest BCUT2D eigenvalue weighted by molar-refractivity contribution is 0.101. The molecule has 0 radical (unpaired) electrons. The molecule has 0 amide bonds. The van der Waals surface area contributed by atoms with E-state index in [0.29, 0.717) is 17.7 Å². The molecule has 2 N–H and O–H groups in total. The summed E-state index contributed by atoms with van der Waals surface area (Å²) in [7, 11) is 0. The number of hydrogen-bond donors (Lipinski definition) is 2. The normalized spacial score (nSPS) is 22.6. The van der Waals surface area contributed by atoms with Crippen LogP contribution in [0, 0.1) is 5.92 Å². The van der Waals surface area contributed by atoms with Gasteiger partial charge < -0.3 is 10.4 Å². The third-order valence-electron chi connectivity index (χ3n) is 5.49. The maximum absolute atomic E-state index is 10.8. The minimum Gasteiger partial charge on any atom is -0.507 e. The van der Waals surface area contributed by atoms with E-state index in [2.05, 4.69) is 35.3 Å². The lowest BCUT2D eigenvalue weighted by Crippen LogP contribution is -2.47. The van der Waals surface area contributed by atoms with Gasteiger partial charge in [0.15, 0.2) is 0 Å². The molecule has 122 valence electrons. The average Bonchev–Trinajstić information content (AvgIpc) is 2.59. The number of piperazine rings is 1. The lowest BCUT2D eigenvalue weighted by Gasteiger charge is -2.41. The van der Waals surface area contributed by atoms with Gasteiger partial charge in [-0.25, -0.2) is 0 Å². The molecule has 1 saturated heterocycles. The molecule has 3 heteroatoms. The number of phenolic OH excluding ortho intramolecular Hbond substituents is 1. The van der Waals surface area contributed by atoms with Crippen LogP contribution >= 0.6 is 0 Å². The number of aryl methyl sites for hydroxylation is 1. The Labute approximate surface area is 134 Å². The third-order valence-corrected chi connectivity index (χ3v) is 5.49. The molecule has 1 atom stereocenters. The molecule has 0 unspecified atom stereocenters. The first kappa shape index (κ1) is 15.8. The number of phenols is 1. The van der Waals surface area contributed by atoms with Crippen LogP contribution in [0.1, 0.15) is 56.2 Å². The zero-order valence-electron chi connectivity index (χ0n) is 13.9. The summed E-state index contributed by atoms with van der Waals surface area (Å²) in [6.07, 6.45) is 7.60. The monoisotopic (exact) mass is 302 g/mol. The van der Waals surface area contributed by atoms with Crippen molar-refractivity contribution < 1.29 is 5.11 Å². The van der Waals surface area contributed by atoms with Gasteiger partial charge in [-0.3, -0.25) is 4.90 Å². The first-order valence-electron chi connectivity index (χ1n) is 9.06. The molecule has 1 saturated carbocycles. The van der Waals surface area contributed by atoms with E-state index in [1.54, 1.807) is 0 Å². The number of aromatic hydroxyl groups is 1. The van der Waals surface area contributed by atoms with E-state index in [1.807, 2.05) is 0 Å². The Morgan fingerprint density at radius 1 is 1.18 bits per heavy atom. The van der Waals surface area contributed by atoms with Gasteiger partial charge in [0, 0.05) is 37.8 Å². The van der Waals surface area contributed by atoms with Gasteiger partial charge in [0.2, 0.25) is 0 Å². The summed E-state index contributed by atoms with van der Waals surface area (Å²) in [6, 6.07) is 6.75. The second kappa shape index (κ2) is 7.47. The molecule has 2 aliphatic rings. The van der Waals surface area contributed by atoms with Crippen molar-refractivity contribution in [3.05, 3.63) is 29.3 Å². The van der Waals surface area contributed by atoms with Gasteiger partial charge in [-0.15, -0.1) is 0 Å². The van der Waals surface area contributed by atoms with Gasteiger partial charge in [0.1, 0.15) is 5.75 Å². The molecule has 1 aliphatic heterocycles. The molecule has 2 fully saturated rings. The number of nitrogens with zero attached hydrogens (tertiary/aromatic N) is 1. The fourth-order valence-corrected chi connectivity index (χ4v) is 4.29. The van der Waals surface area contributed by atoms with E-state index in [9.17, 15) is 5.11 Å². The summed E-state index contributed by atoms with van der Waals surface area (Å²) in [6.45, 7) is 6.45.